The summed E-state index contributed by atoms with van der Waals surface area (Å²) in [6.45, 7) is 3.46. The van der Waals surface area contributed by atoms with Crippen molar-refractivity contribution in [2.75, 3.05) is 32.7 Å². The van der Waals surface area contributed by atoms with Crippen LogP contribution in [0.5, 0.6) is 0 Å². The van der Waals surface area contributed by atoms with Crippen molar-refractivity contribution in [1.82, 2.24) is 4.31 Å². The molecule has 0 bridgehead atoms. The van der Waals surface area contributed by atoms with Crippen LogP contribution in [0.2, 0.25) is 0 Å². The lowest BCUT2D eigenvalue weighted by Gasteiger charge is -2.31. The van der Waals surface area contributed by atoms with Crippen molar-refractivity contribution in [3.05, 3.63) is 29.3 Å². The minimum Gasteiger partial charge on any atom is -0.332 e. The van der Waals surface area contributed by atoms with E-state index in [9.17, 15) is 8.42 Å². The molecule has 0 aromatic heterocycles. The van der Waals surface area contributed by atoms with E-state index >= 15 is 0 Å². The number of aryl methyl sites for hydroxylation is 2. The van der Waals surface area contributed by atoms with E-state index in [1.165, 1.54) is 22.4 Å². The highest BCUT2D eigenvalue weighted by Crippen LogP contribution is 2.25. The minimum atomic E-state index is -3.38. The number of nitriles is 1. The zero-order chi connectivity index (χ0) is 16.3. The van der Waals surface area contributed by atoms with Crippen molar-refractivity contribution < 1.29 is 13.3 Å². The fourth-order valence-corrected chi connectivity index (χ4v) is 5.04. The van der Waals surface area contributed by atoms with Crippen molar-refractivity contribution in [2.24, 2.45) is 0 Å². The zero-order valence-electron chi connectivity index (χ0n) is 13.4. The van der Waals surface area contributed by atoms with E-state index in [0.717, 1.165) is 38.9 Å². The summed E-state index contributed by atoms with van der Waals surface area (Å²) in [7, 11) is -3.38. The van der Waals surface area contributed by atoms with Crippen LogP contribution in [0.4, 0.5) is 0 Å². The third-order valence-electron chi connectivity index (χ3n) is 4.98. The summed E-state index contributed by atoms with van der Waals surface area (Å²) >= 11 is 0. The molecule has 1 aromatic carbocycles. The summed E-state index contributed by atoms with van der Waals surface area (Å²) in [4.78, 5) is 1.77. The van der Waals surface area contributed by atoms with E-state index in [4.69, 9.17) is 5.26 Å². The van der Waals surface area contributed by atoms with Gasteiger partial charge in [0.2, 0.25) is 10.0 Å². The Balaban J connectivity index is 1.71. The summed E-state index contributed by atoms with van der Waals surface area (Å²) < 4.78 is 27.3. The van der Waals surface area contributed by atoms with Crippen molar-refractivity contribution in [1.29, 1.82) is 5.26 Å². The molecular weight excluding hydrogens is 310 g/mol. The van der Waals surface area contributed by atoms with E-state index in [-0.39, 0.29) is 0 Å². The second-order valence-electron chi connectivity index (χ2n) is 6.45. The first kappa shape index (κ1) is 16.4. The van der Waals surface area contributed by atoms with Gasteiger partial charge in [0.15, 0.2) is 0 Å². The number of nitrogens with one attached hydrogen (secondary N) is 1. The lowest BCUT2D eigenvalue weighted by atomic mass is 9.92. The Kier molecular flexibility index (Phi) is 5.00. The van der Waals surface area contributed by atoms with Gasteiger partial charge in [0, 0.05) is 0 Å². The highest BCUT2D eigenvalue weighted by Gasteiger charge is 2.30. The molecular formula is C17H24N3O2S+. The van der Waals surface area contributed by atoms with Crippen LogP contribution in [0.3, 0.4) is 0 Å². The van der Waals surface area contributed by atoms with Crippen LogP contribution in [0, 0.1) is 11.3 Å². The van der Waals surface area contributed by atoms with Gasteiger partial charge in [0.1, 0.15) is 0 Å². The molecule has 0 spiro atoms. The second kappa shape index (κ2) is 7.00. The van der Waals surface area contributed by atoms with Crippen LogP contribution in [0.25, 0.3) is 0 Å². The normalized spacial score (nSPS) is 20.0. The average Bonchev–Trinajstić information content (AvgIpc) is 2.60. The molecule has 5 nitrogen and oxygen atoms in total. The van der Waals surface area contributed by atoms with Gasteiger partial charge in [-0.15, -0.1) is 0 Å². The molecule has 6 heteroatoms. The molecule has 23 heavy (non-hydrogen) atoms. The Morgan fingerprint density at radius 1 is 1.13 bits per heavy atom. The largest absolute Gasteiger partial charge is 0.332 e. The Morgan fingerprint density at radius 3 is 2.52 bits per heavy atom. The molecule has 1 aliphatic carbocycles. The molecule has 1 heterocycles. The zero-order valence-corrected chi connectivity index (χ0v) is 14.2. The van der Waals surface area contributed by atoms with Gasteiger partial charge in [-0.1, -0.05) is 6.07 Å². The number of piperazine rings is 1. The third-order valence-corrected chi connectivity index (χ3v) is 6.87. The van der Waals surface area contributed by atoms with Gasteiger partial charge in [-0.05, 0) is 48.9 Å². The molecule has 0 radical (unpaired) electrons. The van der Waals surface area contributed by atoms with E-state index in [1.807, 2.05) is 12.1 Å². The number of hydrogen-bond acceptors (Lipinski definition) is 3. The smallest absolute Gasteiger partial charge is 0.243 e. The quantitative estimate of drug-likeness (QED) is 0.865. The fraction of sp³-hybridized carbons (Fsp3) is 0.588. The van der Waals surface area contributed by atoms with E-state index < -0.39 is 10.0 Å². The summed E-state index contributed by atoms with van der Waals surface area (Å²) in [5, 5.41) is 8.65. The van der Waals surface area contributed by atoms with Gasteiger partial charge < -0.3 is 4.90 Å². The number of fused-ring (bicyclic) bond motifs is 1. The molecule has 1 fully saturated rings. The maximum Gasteiger partial charge on any atom is 0.243 e. The van der Waals surface area contributed by atoms with Crippen molar-refractivity contribution in [2.45, 2.75) is 37.0 Å². The van der Waals surface area contributed by atoms with Gasteiger partial charge >= 0.3 is 0 Å². The van der Waals surface area contributed by atoms with Crippen LogP contribution >= 0.6 is 0 Å². The standard InChI is InChI=1S/C17H23N3O2S/c18-8-3-9-19-10-12-20(13-11-19)23(21,22)17-7-6-15-4-1-2-5-16(15)14-17/h6-7,14H,1-5,9-13H2/p+1. The molecule has 3 rings (SSSR count). The molecule has 1 aromatic rings. The summed E-state index contributed by atoms with van der Waals surface area (Å²) in [6, 6.07) is 7.81. The number of nitrogens with zero attached hydrogens (tertiary/aromatic N) is 2. The lowest BCUT2D eigenvalue weighted by molar-refractivity contribution is -0.903. The molecule has 1 aliphatic heterocycles. The predicted octanol–water partition coefficient (Wildman–Crippen LogP) is 0.368. The molecule has 1 saturated heterocycles. The van der Waals surface area contributed by atoms with E-state index in [0.29, 0.717) is 24.4 Å². The maximum atomic E-state index is 12.9. The van der Waals surface area contributed by atoms with Gasteiger partial charge in [0.25, 0.3) is 0 Å². The lowest BCUT2D eigenvalue weighted by Crippen LogP contribution is -3.14. The van der Waals surface area contributed by atoms with Gasteiger partial charge in [-0.25, -0.2) is 8.42 Å². The molecule has 1 N–H and O–H groups in total. The van der Waals surface area contributed by atoms with Gasteiger partial charge in [0.05, 0.1) is 50.1 Å². The Labute approximate surface area is 138 Å². The first-order chi connectivity index (χ1) is 11.1. The summed E-state index contributed by atoms with van der Waals surface area (Å²) in [6.07, 6.45) is 4.94. The third kappa shape index (κ3) is 3.57. The topological polar surface area (TPSA) is 65.6 Å². The van der Waals surface area contributed by atoms with Gasteiger partial charge in [-0.2, -0.15) is 9.57 Å². The summed E-state index contributed by atoms with van der Waals surface area (Å²) in [5.74, 6) is 0. The molecule has 124 valence electrons. The van der Waals surface area contributed by atoms with E-state index in [2.05, 4.69) is 6.07 Å². The molecule has 2 aliphatic rings. The minimum absolute atomic E-state index is 0.443. The predicted molar refractivity (Wildman–Crippen MR) is 87.6 cm³/mol. The summed E-state index contributed by atoms with van der Waals surface area (Å²) in [5.41, 5.74) is 2.51. The van der Waals surface area contributed by atoms with Crippen molar-refractivity contribution in [3.63, 3.8) is 0 Å². The fourth-order valence-electron chi connectivity index (χ4n) is 3.54. The number of hydrogen-bond donors (Lipinski definition) is 1. The van der Waals surface area contributed by atoms with Crippen molar-refractivity contribution in [3.8, 4) is 6.07 Å². The van der Waals surface area contributed by atoms with Crippen LogP contribution in [-0.4, -0.2) is 45.4 Å². The van der Waals surface area contributed by atoms with Crippen LogP contribution < -0.4 is 4.90 Å². The van der Waals surface area contributed by atoms with Crippen molar-refractivity contribution >= 4 is 10.0 Å². The average molecular weight is 334 g/mol. The molecule has 0 saturated carbocycles. The monoisotopic (exact) mass is 334 g/mol. The Bertz CT molecular complexity index is 701. The van der Waals surface area contributed by atoms with Crippen LogP contribution in [0.1, 0.15) is 30.4 Å². The Hall–Kier alpha value is -1.42. The highest BCUT2D eigenvalue weighted by molar-refractivity contribution is 7.89. The number of rotatable bonds is 4. The maximum absolute atomic E-state index is 12.9. The van der Waals surface area contributed by atoms with Gasteiger partial charge in [-0.3, -0.25) is 0 Å². The first-order valence-corrected chi connectivity index (χ1v) is 9.88. The first-order valence-electron chi connectivity index (χ1n) is 8.44. The molecule has 0 amide bonds. The number of sulfonamides is 1. The number of quaternary nitrogens is 1. The Morgan fingerprint density at radius 2 is 1.83 bits per heavy atom. The second-order valence-corrected chi connectivity index (χ2v) is 8.39. The van der Waals surface area contributed by atoms with E-state index in [1.54, 1.807) is 10.4 Å². The van der Waals surface area contributed by atoms with Crippen LogP contribution in [-0.2, 0) is 22.9 Å². The SMILES string of the molecule is N#CCC[NH+]1CCN(S(=O)(=O)c2ccc3c(c2)CCCC3)CC1. The number of benzene rings is 1. The molecule has 0 unspecified atom stereocenters. The van der Waals surface area contributed by atoms with Crippen LogP contribution in [0.15, 0.2) is 23.1 Å². The highest BCUT2D eigenvalue weighted by atomic mass is 32.2. The molecule has 0 atom stereocenters.